The van der Waals surface area contributed by atoms with Gasteiger partial charge in [0.1, 0.15) is 0 Å². The van der Waals surface area contributed by atoms with Crippen molar-refractivity contribution >= 4 is 23.5 Å². The highest BCUT2D eigenvalue weighted by Gasteiger charge is 2.30. The van der Waals surface area contributed by atoms with Crippen molar-refractivity contribution in [3.63, 3.8) is 0 Å². The van der Waals surface area contributed by atoms with E-state index in [1.807, 2.05) is 0 Å². The summed E-state index contributed by atoms with van der Waals surface area (Å²) in [7, 11) is 0. The fourth-order valence-electron chi connectivity index (χ4n) is 4.36. The molecule has 23 heavy (non-hydrogen) atoms. The third-order valence-corrected chi connectivity index (χ3v) is 7.98. The lowest BCUT2D eigenvalue weighted by atomic mass is 9.76. The highest BCUT2D eigenvalue weighted by atomic mass is 32.2. The molecular formula is C19H32O2S2. The van der Waals surface area contributed by atoms with E-state index >= 15 is 0 Å². The van der Waals surface area contributed by atoms with Crippen LogP contribution >= 0.6 is 23.5 Å². The van der Waals surface area contributed by atoms with Gasteiger partial charge >= 0.3 is 0 Å². The van der Waals surface area contributed by atoms with E-state index in [1.54, 1.807) is 0 Å². The van der Waals surface area contributed by atoms with Crippen LogP contribution in [0, 0.1) is 11.8 Å². The zero-order chi connectivity index (χ0) is 15.5. The van der Waals surface area contributed by atoms with E-state index < -0.39 is 0 Å². The maximum absolute atomic E-state index is 6.07. The molecule has 0 amide bonds. The maximum atomic E-state index is 6.07. The Morgan fingerprint density at radius 2 is 1.00 bits per heavy atom. The molecule has 2 unspecified atom stereocenters. The second kappa shape index (κ2) is 8.33. The summed E-state index contributed by atoms with van der Waals surface area (Å²) in [6.07, 6.45) is 13.6. The minimum absolute atomic E-state index is 0.580. The van der Waals surface area contributed by atoms with E-state index in [0.29, 0.717) is 12.2 Å². The third-order valence-electron chi connectivity index (χ3n) is 6.09. The summed E-state index contributed by atoms with van der Waals surface area (Å²) >= 11 is 4.11. The lowest BCUT2D eigenvalue weighted by Crippen LogP contribution is -2.27. The number of ether oxygens (including phenoxy) is 2. The second-order valence-electron chi connectivity index (χ2n) is 8.10. The second-order valence-corrected chi connectivity index (χ2v) is 10.8. The van der Waals surface area contributed by atoms with Crippen LogP contribution in [0.15, 0.2) is 0 Å². The van der Waals surface area contributed by atoms with E-state index in [1.165, 1.54) is 69.3 Å². The number of thioether (sulfide) groups is 2. The predicted molar refractivity (Wildman–Crippen MR) is 101 cm³/mol. The van der Waals surface area contributed by atoms with Crippen molar-refractivity contribution in [2.45, 2.75) is 80.5 Å². The first-order chi connectivity index (χ1) is 11.3. The fourth-order valence-corrected chi connectivity index (χ4v) is 5.17. The zero-order valence-electron chi connectivity index (χ0n) is 14.3. The molecule has 0 bridgehead atoms. The Morgan fingerprint density at radius 1 is 0.609 bits per heavy atom. The Kier molecular flexibility index (Phi) is 6.18. The molecular weight excluding hydrogens is 324 g/mol. The largest absolute Gasteiger partial charge is 0.377 e. The van der Waals surface area contributed by atoms with Crippen LogP contribution in [0.4, 0.5) is 0 Å². The predicted octanol–water partition coefficient (Wildman–Crippen LogP) is 4.76. The van der Waals surface area contributed by atoms with Gasteiger partial charge in [-0.3, -0.25) is 0 Å². The smallest absolute Gasteiger partial charge is 0.0596 e. The Balaban J connectivity index is 1.08. The lowest BCUT2D eigenvalue weighted by Gasteiger charge is -2.34. The van der Waals surface area contributed by atoms with Crippen molar-refractivity contribution in [2.75, 3.05) is 24.7 Å². The molecule has 2 aliphatic carbocycles. The van der Waals surface area contributed by atoms with Crippen molar-refractivity contribution < 1.29 is 9.47 Å². The molecule has 2 saturated heterocycles. The SMILES string of the molecule is C1CC(OCC2CS2)CCC1CC1CCC(OCC2CS2)CC1. The van der Waals surface area contributed by atoms with Gasteiger partial charge in [-0.25, -0.2) is 0 Å². The van der Waals surface area contributed by atoms with E-state index in [-0.39, 0.29) is 0 Å². The van der Waals surface area contributed by atoms with Crippen LogP contribution in [0.5, 0.6) is 0 Å². The molecule has 4 fully saturated rings. The molecule has 2 atom stereocenters. The van der Waals surface area contributed by atoms with Crippen LogP contribution in [0.2, 0.25) is 0 Å². The summed E-state index contributed by atoms with van der Waals surface area (Å²) in [6.45, 7) is 2.03. The summed E-state index contributed by atoms with van der Waals surface area (Å²) in [5, 5.41) is 1.67. The summed E-state index contributed by atoms with van der Waals surface area (Å²) in [5.74, 6) is 4.63. The van der Waals surface area contributed by atoms with Gasteiger partial charge < -0.3 is 9.47 Å². The molecule has 0 aromatic carbocycles. The van der Waals surface area contributed by atoms with E-state index in [2.05, 4.69) is 23.5 Å². The van der Waals surface area contributed by atoms with Gasteiger partial charge in [-0.2, -0.15) is 23.5 Å². The van der Waals surface area contributed by atoms with Crippen LogP contribution in [0.1, 0.15) is 57.8 Å². The van der Waals surface area contributed by atoms with Crippen LogP contribution in [0.3, 0.4) is 0 Å². The van der Waals surface area contributed by atoms with E-state index in [4.69, 9.17) is 9.47 Å². The highest BCUT2D eigenvalue weighted by molar-refractivity contribution is 8.07. The monoisotopic (exact) mass is 356 g/mol. The van der Waals surface area contributed by atoms with Gasteiger partial charge in [-0.05, 0) is 69.6 Å². The zero-order valence-corrected chi connectivity index (χ0v) is 15.9. The first-order valence-corrected chi connectivity index (χ1v) is 11.9. The third kappa shape index (κ3) is 5.83. The van der Waals surface area contributed by atoms with Gasteiger partial charge in [-0.15, -0.1) is 0 Å². The Bertz CT molecular complexity index is 320. The molecule has 2 heterocycles. The first kappa shape index (κ1) is 17.1. The lowest BCUT2D eigenvalue weighted by molar-refractivity contribution is 0.00846. The van der Waals surface area contributed by atoms with Crippen molar-refractivity contribution in [2.24, 2.45) is 11.8 Å². The van der Waals surface area contributed by atoms with E-state index in [0.717, 1.165) is 35.5 Å². The van der Waals surface area contributed by atoms with Gasteiger partial charge in [0.05, 0.1) is 25.4 Å². The first-order valence-electron chi connectivity index (χ1n) is 9.81. The van der Waals surface area contributed by atoms with Gasteiger partial charge in [0.2, 0.25) is 0 Å². The minimum atomic E-state index is 0.580. The van der Waals surface area contributed by atoms with Gasteiger partial charge in [0.15, 0.2) is 0 Å². The molecule has 0 radical (unpaired) electrons. The highest BCUT2D eigenvalue weighted by Crippen LogP contribution is 2.38. The Labute approximate surface area is 150 Å². The average molecular weight is 357 g/mol. The van der Waals surface area contributed by atoms with Crippen molar-refractivity contribution in [3.05, 3.63) is 0 Å². The van der Waals surface area contributed by atoms with Crippen LogP contribution in [-0.4, -0.2) is 47.4 Å². The van der Waals surface area contributed by atoms with Crippen LogP contribution in [-0.2, 0) is 9.47 Å². The molecule has 4 heteroatoms. The molecule has 4 aliphatic rings. The van der Waals surface area contributed by atoms with Gasteiger partial charge in [0.25, 0.3) is 0 Å². The van der Waals surface area contributed by atoms with Crippen molar-refractivity contribution in [1.29, 1.82) is 0 Å². The van der Waals surface area contributed by atoms with Crippen molar-refractivity contribution in [1.82, 2.24) is 0 Å². The molecule has 0 N–H and O–H groups in total. The van der Waals surface area contributed by atoms with Crippen LogP contribution < -0.4 is 0 Å². The standard InChI is InChI=1S/C19H32O2S2/c1-5-16(20-10-18-12-22-18)6-2-14(1)9-15-3-7-17(8-4-15)21-11-19-13-23-19/h14-19H,1-13H2. The molecule has 0 aromatic rings. The molecule has 132 valence electrons. The molecule has 2 nitrogen and oxygen atoms in total. The van der Waals surface area contributed by atoms with Crippen molar-refractivity contribution in [3.8, 4) is 0 Å². The topological polar surface area (TPSA) is 18.5 Å². The Hall–Kier alpha value is 0.620. The molecule has 4 rings (SSSR count). The minimum Gasteiger partial charge on any atom is -0.377 e. The molecule has 2 aliphatic heterocycles. The number of hydrogen-bond donors (Lipinski definition) is 0. The quantitative estimate of drug-likeness (QED) is 0.584. The normalized spacial score (nSPS) is 43.3. The summed E-state index contributed by atoms with van der Waals surface area (Å²) < 4.78 is 12.1. The molecule has 2 saturated carbocycles. The Morgan fingerprint density at radius 3 is 1.35 bits per heavy atom. The average Bonchev–Trinajstić information content (AvgIpc) is 3.48. The van der Waals surface area contributed by atoms with Gasteiger partial charge in [0, 0.05) is 22.0 Å². The number of rotatable bonds is 8. The number of hydrogen-bond acceptors (Lipinski definition) is 4. The van der Waals surface area contributed by atoms with E-state index in [9.17, 15) is 0 Å². The fraction of sp³-hybridized carbons (Fsp3) is 1.00. The molecule has 0 aromatic heterocycles. The maximum Gasteiger partial charge on any atom is 0.0596 e. The summed E-state index contributed by atoms with van der Waals surface area (Å²) in [4.78, 5) is 0. The van der Waals surface area contributed by atoms with Crippen LogP contribution in [0.25, 0.3) is 0 Å². The summed E-state index contributed by atoms with van der Waals surface area (Å²) in [6, 6.07) is 0. The summed E-state index contributed by atoms with van der Waals surface area (Å²) in [5.41, 5.74) is 0. The molecule has 0 spiro atoms. The van der Waals surface area contributed by atoms with Gasteiger partial charge in [-0.1, -0.05) is 0 Å².